The smallest absolute Gasteiger partial charge is 0.255 e. The first kappa shape index (κ1) is 26.6. The number of ketones is 2. The summed E-state index contributed by atoms with van der Waals surface area (Å²) in [6.45, 7) is 2.70. The van der Waals surface area contributed by atoms with Gasteiger partial charge in [-0.25, -0.2) is 13.1 Å². The van der Waals surface area contributed by atoms with Gasteiger partial charge in [0.05, 0.1) is 5.56 Å². The Morgan fingerprint density at radius 2 is 1.90 bits per heavy atom. The molecule has 1 saturated carbocycles. The number of nitrogens with one attached hydrogen (secondary N) is 1. The van der Waals surface area contributed by atoms with Gasteiger partial charge in [-0.1, -0.05) is 11.2 Å². The van der Waals surface area contributed by atoms with Gasteiger partial charge in [0.25, 0.3) is 5.91 Å². The van der Waals surface area contributed by atoms with E-state index in [0.29, 0.717) is 11.1 Å². The molecule has 5 rings (SSSR count). The van der Waals surface area contributed by atoms with Crippen molar-refractivity contribution < 1.29 is 47.8 Å². The summed E-state index contributed by atoms with van der Waals surface area (Å²) in [7, 11) is -4.05. The number of aliphatic hydroxyl groups is 3. The molecule has 3 unspecified atom stereocenters. The number of aromatic nitrogens is 1. The first-order valence-corrected chi connectivity index (χ1v) is 13.4. The molecule has 3 atom stereocenters. The number of aryl methyl sites for hydroxylation is 2. The van der Waals surface area contributed by atoms with Gasteiger partial charge in [-0.3, -0.25) is 14.4 Å². The predicted molar refractivity (Wildman–Crippen MR) is 131 cm³/mol. The quantitative estimate of drug-likeness (QED) is 0.276. The zero-order valence-corrected chi connectivity index (χ0v) is 21.6. The van der Waals surface area contributed by atoms with E-state index in [9.17, 15) is 43.2 Å². The maximum Gasteiger partial charge on any atom is 0.255 e. The number of hydrogen-bond donors (Lipinski definition) is 6. The molecule has 0 saturated heterocycles. The number of aliphatic hydroxyl groups excluding tert-OH is 2. The lowest BCUT2D eigenvalue weighted by Crippen LogP contribution is -2.58. The highest BCUT2D eigenvalue weighted by Gasteiger charge is 2.60. The average molecular weight is 560 g/mol. The molecule has 206 valence electrons. The van der Waals surface area contributed by atoms with E-state index < -0.39 is 74.2 Å². The van der Waals surface area contributed by atoms with Crippen molar-refractivity contribution in [3.05, 3.63) is 57.2 Å². The number of rotatable bonds is 5. The van der Waals surface area contributed by atoms with Crippen molar-refractivity contribution in [2.24, 2.45) is 17.6 Å². The molecule has 0 aliphatic heterocycles. The number of hydrogen-bond acceptors (Lipinski definition) is 11. The highest BCUT2D eigenvalue weighted by Crippen LogP contribution is 2.52. The van der Waals surface area contributed by atoms with E-state index in [2.05, 4.69) is 9.88 Å². The molecule has 13 nitrogen and oxygen atoms in total. The van der Waals surface area contributed by atoms with Gasteiger partial charge in [-0.05, 0) is 49.8 Å². The third-order valence-corrected chi connectivity index (χ3v) is 9.38. The molecule has 7 N–H and O–H groups in total. The minimum Gasteiger partial charge on any atom is -0.508 e. The second-order valence-electron chi connectivity index (χ2n) is 9.98. The van der Waals surface area contributed by atoms with Crippen molar-refractivity contribution in [3.8, 4) is 5.75 Å². The maximum atomic E-state index is 13.6. The fraction of sp³-hybridized carbons (Fsp3) is 0.360. The van der Waals surface area contributed by atoms with E-state index >= 15 is 0 Å². The predicted octanol–water partition coefficient (Wildman–Crippen LogP) is 0.507. The summed E-state index contributed by atoms with van der Waals surface area (Å²) in [5.41, 5.74) is 2.18. The van der Waals surface area contributed by atoms with Gasteiger partial charge >= 0.3 is 0 Å². The van der Waals surface area contributed by atoms with Gasteiger partial charge in [0.2, 0.25) is 15.8 Å². The summed E-state index contributed by atoms with van der Waals surface area (Å²) < 4.78 is 33.3. The zero-order valence-electron chi connectivity index (χ0n) is 20.8. The largest absolute Gasteiger partial charge is 0.508 e. The Labute approximate surface area is 221 Å². The molecule has 1 aromatic carbocycles. The van der Waals surface area contributed by atoms with Crippen molar-refractivity contribution in [2.75, 3.05) is 0 Å². The molecule has 1 heterocycles. The van der Waals surface area contributed by atoms with Crippen LogP contribution in [-0.2, 0) is 37.4 Å². The summed E-state index contributed by atoms with van der Waals surface area (Å²) >= 11 is 0. The van der Waals surface area contributed by atoms with Gasteiger partial charge < -0.3 is 30.7 Å². The van der Waals surface area contributed by atoms with Crippen LogP contribution in [0, 0.1) is 25.7 Å². The normalized spacial score (nSPS) is 24.9. The van der Waals surface area contributed by atoms with E-state index in [-0.39, 0.29) is 46.9 Å². The molecular weight excluding hydrogens is 534 g/mol. The molecule has 3 aliphatic rings. The van der Waals surface area contributed by atoms with Crippen LogP contribution in [0.25, 0.3) is 5.76 Å². The van der Waals surface area contributed by atoms with Crippen LogP contribution in [0.1, 0.15) is 41.0 Å². The fourth-order valence-electron chi connectivity index (χ4n) is 5.95. The van der Waals surface area contributed by atoms with E-state index in [1.807, 2.05) is 0 Å². The lowest BCUT2D eigenvalue weighted by Gasteiger charge is -2.46. The molecule has 1 aromatic heterocycles. The summed E-state index contributed by atoms with van der Waals surface area (Å²) in [4.78, 5) is 37.7. The zero-order chi connectivity index (χ0) is 28.6. The second kappa shape index (κ2) is 8.76. The number of phenolic OH excluding ortho intramolecular Hbond substituents is 1. The van der Waals surface area contributed by atoms with Crippen LogP contribution >= 0.6 is 0 Å². The van der Waals surface area contributed by atoms with Crippen LogP contribution in [0.3, 0.4) is 0 Å². The van der Waals surface area contributed by atoms with Crippen LogP contribution in [-0.4, -0.2) is 57.1 Å². The number of amides is 1. The lowest BCUT2D eigenvalue weighted by molar-refractivity contribution is -0.147. The first-order valence-electron chi connectivity index (χ1n) is 11.9. The number of aromatic hydroxyl groups is 1. The Morgan fingerprint density at radius 1 is 1.21 bits per heavy atom. The second-order valence-corrected chi connectivity index (χ2v) is 11.7. The first-order chi connectivity index (χ1) is 18.2. The third kappa shape index (κ3) is 3.78. The summed E-state index contributed by atoms with van der Waals surface area (Å²) in [6, 6.07) is 2.70. The number of fused-ring (bicyclic) bond motifs is 3. The molecule has 1 amide bonds. The Bertz CT molecular complexity index is 1630. The van der Waals surface area contributed by atoms with Gasteiger partial charge in [-0.15, -0.1) is 0 Å². The number of phenols is 1. The average Bonchev–Trinajstić information content (AvgIpc) is 3.19. The summed E-state index contributed by atoms with van der Waals surface area (Å²) in [5.74, 6) is -7.19. The van der Waals surface area contributed by atoms with Crippen molar-refractivity contribution in [1.29, 1.82) is 0 Å². The maximum absolute atomic E-state index is 13.6. The number of primary amides is 1. The van der Waals surface area contributed by atoms with Gasteiger partial charge in [0.15, 0.2) is 17.1 Å². The monoisotopic (exact) mass is 559 g/mol. The number of Topliss-reactive ketones (excluding diaryl/α,β-unsaturated/α-hetero) is 2. The number of carbonyl (C=O) groups is 3. The van der Waals surface area contributed by atoms with E-state index in [0.717, 1.165) is 0 Å². The fourth-order valence-corrected chi connectivity index (χ4v) is 7.29. The Kier molecular flexibility index (Phi) is 5.97. The SMILES string of the molecule is Cc1noc(C)c1S(=O)(=O)NCc1ccc(O)c2c1CC1CC3CC(=O)C(C(N)=O)=C(O)C3(O)C(=O)C1=C2O. The molecule has 3 aliphatic carbocycles. The number of nitrogens with two attached hydrogens (primary N) is 1. The molecule has 0 bridgehead atoms. The van der Waals surface area contributed by atoms with E-state index in [1.54, 1.807) is 0 Å². The van der Waals surface area contributed by atoms with Crippen LogP contribution in [0.5, 0.6) is 5.75 Å². The number of carbonyl (C=O) groups excluding carboxylic acids is 3. The minimum atomic E-state index is -4.05. The summed E-state index contributed by atoms with van der Waals surface area (Å²) in [5, 5.41) is 47.3. The highest BCUT2D eigenvalue weighted by molar-refractivity contribution is 7.89. The molecular formula is C25H25N3O10S. The molecule has 2 aromatic rings. The number of sulfonamides is 1. The van der Waals surface area contributed by atoms with Crippen molar-refractivity contribution >= 4 is 33.3 Å². The summed E-state index contributed by atoms with van der Waals surface area (Å²) in [6.07, 6.45) is -0.430. The van der Waals surface area contributed by atoms with Gasteiger partial charge in [0.1, 0.15) is 33.4 Å². The van der Waals surface area contributed by atoms with Gasteiger partial charge in [-0.2, -0.15) is 0 Å². The molecule has 0 spiro atoms. The standard InChI is InChI=1S/C25H25N3O10S/c1-9-21(10(2)38-28-9)39(36,37)27-8-11-3-4-15(29)18-14(11)6-12-5-13-7-16(30)19(24(26)34)23(33)25(13,35)22(32)17(12)20(18)31/h3-4,12-13,27,29,31,33,35H,5-8H2,1-2H3,(H2,26,34). The van der Waals surface area contributed by atoms with Crippen LogP contribution in [0.2, 0.25) is 0 Å². The van der Waals surface area contributed by atoms with Crippen molar-refractivity contribution in [3.63, 3.8) is 0 Å². The Balaban J connectivity index is 1.57. The van der Waals surface area contributed by atoms with Crippen LogP contribution in [0.15, 0.2) is 38.5 Å². The minimum absolute atomic E-state index is 0.0389. The molecule has 39 heavy (non-hydrogen) atoms. The van der Waals surface area contributed by atoms with E-state index in [1.165, 1.54) is 26.0 Å². The van der Waals surface area contributed by atoms with Crippen LogP contribution in [0.4, 0.5) is 0 Å². The van der Waals surface area contributed by atoms with Gasteiger partial charge in [0, 0.05) is 24.5 Å². The van der Waals surface area contributed by atoms with Crippen LogP contribution < -0.4 is 10.5 Å². The highest BCUT2D eigenvalue weighted by atomic mass is 32.2. The number of nitrogens with zero attached hydrogens (tertiary/aromatic N) is 1. The van der Waals surface area contributed by atoms with E-state index in [4.69, 9.17) is 10.3 Å². The Morgan fingerprint density at radius 3 is 2.51 bits per heavy atom. The lowest BCUT2D eigenvalue weighted by atomic mass is 9.59. The van der Waals surface area contributed by atoms with Crippen molar-refractivity contribution in [2.45, 2.75) is 50.2 Å². The third-order valence-electron chi connectivity index (χ3n) is 7.73. The molecule has 0 radical (unpaired) electrons. The topological polar surface area (TPSA) is 230 Å². The molecule has 1 fully saturated rings. The molecule has 14 heteroatoms. The van der Waals surface area contributed by atoms with Crippen molar-refractivity contribution in [1.82, 2.24) is 9.88 Å². The number of benzene rings is 1. The Hall–Kier alpha value is -4.01.